The van der Waals surface area contributed by atoms with Crippen LogP contribution in [-0.2, 0) is 10.0 Å². The fourth-order valence-corrected chi connectivity index (χ4v) is 3.37. The summed E-state index contributed by atoms with van der Waals surface area (Å²) in [6, 6.07) is 0. The molecule has 0 saturated heterocycles. The normalized spacial score (nSPS) is 21.1. The highest BCUT2D eigenvalue weighted by Gasteiger charge is 2.29. The van der Waals surface area contributed by atoms with Gasteiger partial charge in [-0.25, -0.2) is 8.42 Å². The highest BCUT2D eigenvalue weighted by Crippen LogP contribution is 2.16. The lowest BCUT2D eigenvalue weighted by Gasteiger charge is -2.28. The first-order chi connectivity index (χ1) is 6.98. The largest absolute Gasteiger partial charge is 0.318 e. The first-order valence-corrected chi connectivity index (χ1v) is 6.78. The summed E-state index contributed by atoms with van der Waals surface area (Å²) in [4.78, 5) is 0. The fourth-order valence-electron chi connectivity index (χ4n) is 1.74. The van der Waals surface area contributed by atoms with E-state index in [9.17, 15) is 8.42 Å². The molecule has 0 amide bonds. The van der Waals surface area contributed by atoms with Crippen molar-refractivity contribution in [3.63, 3.8) is 0 Å². The van der Waals surface area contributed by atoms with Crippen LogP contribution < -0.4 is 5.32 Å². The van der Waals surface area contributed by atoms with E-state index in [2.05, 4.69) is 11.4 Å². The van der Waals surface area contributed by atoms with Gasteiger partial charge in [-0.05, 0) is 27.3 Å². The lowest BCUT2D eigenvalue weighted by Crippen LogP contribution is -2.43. The van der Waals surface area contributed by atoms with Gasteiger partial charge < -0.3 is 5.32 Å². The van der Waals surface area contributed by atoms with Crippen molar-refractivity contribution in [2.45, 2.75) is 25.5 Å². The van der Waals surface area contributed by atoms with Crippen molar-refractivity contribution < 1.29 is 8.42 Å². The van der Waals surface area contributed by atoms with Crippen molar-refractivity contribution in [2.75, 3.05) is 26.7 Å². The maximum atomic E-state index is 12.1. The molecule has 88 valence electrons. The highest BCUT2D eigenvalue weighted by molar-refractivity contribution is 7.89. The van der Waals surface area contributed by atoms with Crippen LogP contribution >= 0.6 is 0 Å². The molecule has 1 aliphatic rings. The van der Waals surface area contributed by atoms with Crippen molar-refractivity contribution >= 4 is 10.0 Å². The molecule has 0 aromatic carbocycles. The lowest BCUT2D eigenvalue weighted by atomic mass is 10.2. The maximum Gasteiger partial charge on any atom is 0.218 e. The molecule has 5 heteroatoms. The lowest BCUT2D eigenvalue weighted by molar-refractivity contribution is 0.419. The van der Waals surface area contributed by atoms with Gasteiger partial charge in [0.25, 0.3) is 0 Å². The van der Waals surface area contributed by atoms with Crippen LogP contribution in [0.4, 0.5) is 0 Å². The molecular formula is C10H20N2O2S. The van der Waals surface area contributed by atoms with Gasteiger partial charge >= 0.3 is 0 Å². The van der Waals surface area contributed by atoms with Crippen LogP contribution in [0.15, 0.2) is 11.6 Å². The van der Waals surface area contributed by atoms with Crippen molar-refractivity contribution in [3.05, 3.63) is 11.6 Å². The van der Waals surface area contributed by atoms with Gasteiger partial charge in [-0.1, -0.05) is 11.6 Å². The number of sulfonamides is 1. The third-order valence-electron chi connectivity index (χ3n) is 2.66. The van der Waals surface area contributed by atoms with E-state index in [-0.39, 0.29) is 5.25 Å². The van der Waals surface area contributed by atoms with Crippen LogP contribution in [0.1, 0.15) is 20.3 Å². The molecule has 0 saturated carbocycles. The minimum atomic E-state index is -3.13. The summed E-state index contributed by atoms with van der Waals surface area (Å²) in [6.45, 7) is 5.40. The van der Waals surface area contributed by atoms with Crippen molar-refractivity contribution in [1.82, 2.24) is 9.62 Å². The summed E-state index contributed by atoms with van der Waals surface area (Å²) in [5.41, 5.74) is 1.14. The van der Waals surface area contributed by atoms with E-state index in [1.54, 1.807) is 18.3 Å². The molecule has 1 N–H and O–H groups in total. The minimum Gasteiger partial charge on any atom is -0.318 e. The zero-order valence-corrected chi connectivity index (χ0v) is 10.5. The topological polar surface area (TPSA) is 49.4 Å². The molecular weight excluding hydrogens is 212 g/mol. The standard InChI is InChI=1S/C10H20N2O2S/c1-9-5-4-6-12(8-9)15(13,14)10(2)7-11-3/h5,10-11H,4,6-8H2,1-3H3. The number of hydrogen-bond donors (Lipinski definition) is 1. The van der Waals surface area contributed by atoms with Gasteiger partial charge in [0, 0.05) is 19.6 Å². The summed E-state index contributed by atoms with van der Waals surface area (Å²) in [6.07, 6.45) is 2.94. The Morgan fingerprint density at radius 1 is 1.60 bits per heavy atom. The Kier molecular flexibility index (Phi) is 4.31. The SMILES string of the molecule is CNCC(C)S(=O)(=O)N1CCC=C(C)C1. The second kappa shape index (κ2) is 5.09. The molecule has 15 heavy (non-hydrogen) atoms. The molecule has 1 heterocycles. The first kappa shape index (κ1) is 12.7. The van der Waals surface area contributed by atoms with Crippen LogP contribution in [0.5, 0.6) is 0 Å². The van der Waals surface area contributed by atoms with Gasteiger partial charge in [-0.15, -0.1) is 0 Å². The summed E-state index contributed by atoms with van der Waals surface area (Å²) < 4.78 is 25.7. The molecule has 0 radical (unpaired) electrons. The average Bonchev–Trinajstić information content (AvgIpc) is 2.18. The minimum absolute atomic E-state index is 0.353. The number of nitrogens with one attached hydrogen (secondary N) is 1. The molecule has 1 rings (SSSR count). The van der Waals surface area contributed by atoms with E-state index in [1.165, 1.54) is 0 Å². The van der Waals surface area contributed by atoms with Crippen LogP contribution in [0.2, 0.25) is 0 Å². The summed E-state index contributed by atoms with van der Waals surface area (Å²) >= 11 is 0. The third-order valence-corrected chi connectivity index (χ3v) is 4.87. The van der Waals surface area contributed by atoms with E-state index in [4.69, 9.17) is 0 Å². The second-order valence-corrected chi connectivity index (χ2v) is 6.44. The molecule has 4 nitrogen and oxygen atoms in total. The molecule has 1 aliphatic heterocycles. The van der Waals surface area contributed by atoms with Gasteiger partial charge in [-0.3, -0.25) is 0 Å². The molecule has 0 spiro atoms. The van der Waals surface area contributed by atoms with Crippen molar-refractivity contribution in [2.24, 2.45) is 0 Å². The van der Waals surface area contributed by atoms with Crippen LogP contribution in [-0.4, -0.2) is 44.7 Å². The van der Waals surface area contributed by atoms with Crippen LogP contribution in [0, 0.1) is 0 Å². The zero-order valence-electron chi connectivity index (χ0n) is 9.66. The zero-order chi connectivity index (χ0) is 11.5. The molecule has 0 aliphatic carbocycles. The molecule has 1 unspecified atom stereocenters. The van der Waals surface area contributed by atoms with Gasteiger partial charge in [0.15, 0.2) is 0 Å². The quantitative estimate of drug-likeness (QED) is 0.721. The Labute approximate surface area is 92.4 Å². The number of rotatable bonds is 4. The van der Waals surface area contributed by atoms with Gasteiger partial charge in [0.2, 0.25) is 10.0 Å². The van der Waals surface area contributed by atoms with E-state index in [0.29, 0.717) is 19.6 Å². The fraction of sp³-hybridized carbons (Fsp3) is 0.800. The monoisotopic (exact) mass is 232 g/mol. The van der Waals surface area contributed by atoms with E-state index in [1.807, 2.05) is 6.92 Å². The van der Waals surface area contributed by atoms with E-state index < -0.39 is 10.0 Å². The Bertz CT molecular complexity index is 335. The van der Waals surface area contributed by atoms with Gasteiger partial charge in [0.05, 0.1) is 5.25 Å². The highest BCUT2D eigenvalue weighted by atomic mass is 32.2. The average molecular weight is 232 g/mol. The molecule has 0 fully saturated rings. The summed E-state index contributed by atoms with van der Waals surface area (Å²) in [5, 5.41) is 2.55. The molecule has 0 aromatic rings. The predicted octanol–water partition coefficient (Wildman–Crippen LogP) is 0.576. The van der Waals surface area contributed by atoms with Crippen LogP contribution in [0.25, 0.3) is 0 Å². The van der Waals surface area contributed by atoms with E-state index in [0.717, 1.165) is 12.0 Å². The van der Waals surface area contributed by atoms with Crippen LogP contribution in [0.3, 0.4) is 0 Å². The summed E-state index contributed by atoms with van der Waals surface area (Å²) in [5.74, 6) is 0. The van der Waals surface area contributed by atoms with Gasteiger partial charge in [0.1, 0.15) is 0 Å². The Morgan fingerprint density at radius 3 is 2.80 bits per heavy atom. The first-order valence-electron chi connectivity index (χ1n) is 5.27. The smallest absolute Gasteiger partial charge is 0.218 e. The number of nitrogens with zero attached hydrogens (tertiary/aromatic N) is 1. The van der Waals surface area contributed by atoms with Crippen molar-refractivity contribution in [3.8, 4) is 0 Å². The number of hydrogen-bond acceptors (Lipinski definition) is 3. The Hall–Kier alpha value is -0.390. The maximum absolute atomic E-state index is 12.1. The van der Waals surface area contributed by atoms with Crippen molar-refractivity contribution in [1.29, 1.82) is 0 Å². The molecule has 0 bridgehead atoms. The van der Waals surface area contributed by atoms with E-state index >= 15 is 0 Å². The molecule has 1 atom stereocenters. The third kappa shape index (κ3) is 3.03. The predicted molar refractivity (Wildman–Crippen MR) is 62.3 cm³/mol. The van der Waals surface area contributed by atoms with Gasteiger partial charge in [-0.2, -0.15) is 4.31 Å². The summed E-state index contributed by atoms with van der Waals surface area (Å²) in [7, 11) is -1.36. The Morgan fingerprint density at radius 2 is 2.27 bits per heavy atom. The molecule has 0 aromatic heterocycles. The Balaban J connectivity index is 2.74. The second-order valence-electron chi connectivity index (χ2n) is 4.09.